The molecule has 0 unspecified atom stereocenters. The monoisotopic (exact) mass is 315 g/mol. The Morgan fingerprint density at radius 1 is 0.917 bits per heavy atom. The van der Waals surface area contributed by atoms with Crippen LogP contribution in [0.15, 0.2) is 77.2 Å². The summed E-state index contributed by atoms with van der Waals surface area (Å²) in [5, 5.41) is 6.18. The molecule has 1 aromatic heterocycles. The van der Waals surface area contributed by atoms with E-state index in [4.69, 9.17) is 4.42 Å². The zero-order chi connectivity index (χ0) is 16.5. The van der Waals surface area contributed by atoms with E-state index in [1.54, 1.807) is 0 Å². The van der Waals surface area contributed by atoms with Crippen LogP contribution in [-0.4, -0.2) is 5.91 Å². The van der Waals surface area contributed by atoms with Crippen molar-refractivity contribution in [1.82, 2.24) is 5.32 Å². The van der Waals surface area contributed by atoms with Crippen molar-refractivity contribution in [1.29, 1.82) is 0 Å². The van der Waals surface area contributed by atoms with Crippen LogP contribution in [0.4, 0.5) is 0 Å². The number of furan rings is 1. The molecule has 3 nitrogen and oxygen atoms in total. The van der Waals surface area contributed by atoms with Gasteiger partial charge in [0, 0.05) is 5.39 Å². The quantitative estimate of drug-likeness (QED) is 0.573. The second-order valence-electron chi connectivity index (χ2n) is 5.91. The molecule has 1 amide bonds. The molecule has 1 N–H and O–H groups in total. The average molecular weight is 315 g/mol. The first-order chi connectivity index (χ1) is 11.7. The van der Waals surface area contributed by atoms with Gasteiger partial charge in [0.2, 0.25) is 0 Å². The maximum Gasteiger partial charge on any atom is 0.287 e. The molecule has 24 heavy (non-hydrogen) atoms. The summed E-state index contributed by atoms with van der Waals surface area (Å²) in [5.41, 5.74) is 1.79. The van der Waals surface area contributed by atoms with Gasteiger partial charge in [0.25, 0.3) is 5.91 Å². The molecular formula is C21H17NO2. The Bertz CT molecular complexity index is 1020. The number of carbonyl (C=O) groups is 1. The number of carbonyl (C=O) groups excluding carboxylic acids is 1. The molecule has 4 aromatic rings. The highest BCUT2D eigenvalue weighted by molar-refractivity contribution is 6.08. The van der Waals surface area contributed by atoms with E-state index in [1.807, 2.05) is 73.7 Å². The first-order valence-corrected chi connectivity index (χ1v) is 7.99. The Labute approximate surface area is 139 Å². The van der Waals surface area contributed by atoms with Crippen LogP contribution in [-0.2, 0) is 0 Å². The zero-order valence-electron chi connectivity index (χ0n) is 13.3. The number of benzene rings is 3. The summed E-state index contributed by atoms with van der Waals surface area (Å²) in [6, 6.07) is 23.6. The predicted molar refractivity (Wildman–Crippen MR) is 96.0 cm³/mol. The van der Waals surface area contributed by atoms with E-state index in [1.165, 1.54) is 0 Å². The minimum absolute atomic E-state index is 0.0799. The van der Waals surface area contributed by atoms with Crippen LogP contribution >= 0.6 is 0 Å². The van der Waals surface area contributed by atoms with Gasteiger partial charge in [-0.25, -0.2) is 0 Å². The summed E-state index contributed by atoms with van der Waals surface area (Å²) in [4.78, 5) is 12.5. The fourth-order valence-electron chi connectivity index (χ4n) is 3.00. The standard InChI is InChI=1S/C21H17NO2/c1-14(15-7-3-2-4-8-15)22-21(23)20-13-18-17-10-6-5-9-16(17)11-12-19(18)24-20/h2-14H,1H3,(H,22,23)/t14-/m1/s1. The van der Waals surface area contributed by atoms with E-state index in [9.17, 15) is 4.79 Å². The third kappa shape index (κ3) is 2.54. The van der Waals surface area contributed by atoms with Crippen LogP contribution in [0.2, 0.25) is 0 Å². The Morgan fingerprint density at radius 3 is 2.50 bits per heavy atom. The molecule has 0 saturated heterocycles. The lowest BCUT2D eigenvalue weighted by molar-refractivity contribution is 0.0914. The van der Waals surface area contributed by atoms with Crippen LogP contribution in [0.5, 0.6) is 0 Å². The first-order valence-electron chi connectivity index (χ1n) is 7.99. The highest BCUT2D eigenvalue weighted by Crippen LogP contribution is 2.28. The summed E-state index contributed by atoms with van der Waals surface area (Å²) in [7, 11) is 0. The SMILES string of the molecule is C[C@@H](NC(=O)c1cc2c(ccc3ccccc32)o1)c1ccccc1. The average Bonchev–Trinajstić information content (AvgIpc) is 3.07. The molecule has 0 aliphatic carbocycles. The minimum Gasteiger partial charge on any atom is -0.451 e. The maximum absolute atomic E-state index is 12.5. The summed E-state index contributed by atoms with van der Waals surface area (Å²) in [6.07, 6.45) is 0. The highest BCUT2D eigenvalue weighted by Gasteiger charge is 2.16. The van der Waals surface area contributed by atoms with E-state index in [0.29, 0.717) is 5.76 Å². The van der Waals surface area contributed by atoms with E-state index in [-0.39, 0.29) is 11.9 Å². The number of hydrogen-bond donors (Lipinski definition) is 1. The lowest BCUT2D eigenvalue weighted by atomic mass is 10.1. The number of nitrogens with one attached hydrogen (secondary N) is 1. The van der Waals surface area contributed by atoms with Gasteiger partial charge >= 0.3 is 0 Å². The van der Waals surface area contributed by atoms with Crippen molar-refractivity contribution in [2.75, 3.05) is 0 Å². The summed E-state index contributed by atoms with van der Waals surface area (Å²) >= 11 is 0. The van der Waals surface area contributed by atoms with Crippen molar-refractivity contribution in [3.8, 4) is 0 Å². The van der Waals surface area contributed by atoms with Crippen LogP contribution < -0.4 is 5.32 Å². The van der Waals surface area contributed by atoms with E-state index in [2.05, 4.69) is 11.4 Å². The molecule has 0 fully saturated rings. The number of rotatable bonds is 3. The molecule has 0 saturated carbocycles. The van der Waals surface area contributed by atoms with Crippen molar-refractivity contribution in [3.63, 3.8) is 0 Å². The maximum atomic E-state index is 12.5. The lowest BCUT2D eigenvalue weighted by Crippen LogP contribution is -2.26. The van der Waals surface area contributed by atoms with Gasteiger partial charge in [-0.05, 0) is 35.4 Å². The Balaban J connectivity index is 1.66. The van der Waals surface area contributed by atoms with Crippen molar-refractivity contribution in [2.24, 2.45) is 0 Å². The molecule has 3 heteroatoms. The third-order valence-electron chi connectivity index (χ3n) is 4.30. The van der Waals surface area contributed by atoms with Crippen molar-refractivity contribution >= 4 is 27.6 Å². The highest BCUT2D eigenvalue weighted by atomic mass is 16.3. The first kappa shape index (κ1) is 14.5. The fourth-order valence-corrected chi connectivity index (χ4v) is 3.00. The van der Waals surface area contributed by atoms with Crippen LogP contribution in [0, 0.1) is 0 Å². The Morgan fingerprint density at radius 2 is 1.67 bits per heavy atom. The second kappa shape index (κ2) is 5.85. The zero-order valence-corrected chi connectivity index (χ0v) is 13.3. The Kier molecular flexibility index (Phi) is 3.54. The third-order valence-corrected chi connectivity index (χ3v) is 4.30. The molecule has 0 radical (unpaired) electrons. The molecule has 0 aliphatic rings. The molecule has 0 bridgehead atoms. The largest absolute Gasteiger partial charge is 0.451 e. The Hall–Kier alpha value is -3.07. The number of amides is 1. The summed E-state index contributed by atoms with van der Waals surface area (Å²) in [5.74, 6) is 0.135. The van der Waals surface area contributed by atoms with Gasteiger partial charge in [-0.3, -0.25) is 4.79 Å². The van der Waals surface area contributed by atoms with Crippen molar-refractivity contribution < 1.29 is 9.21 Å². The van der Waals surface area contributed by atoms with E-state index < -0.39 is 0 Å². The number of fused-ring (bicyclic) bond motifs is 3. The molecule has 118 valence electrons. The molecule has 0 aliphatic heterocycles. The van der Waals surface area contributed by atoms with Crippen LogP contribution in [0.1, 0.15) is 29.1 Å². The predicted octanol–water partition coefficient (Wildman–Crippen LogP) is 5.08. The molecule has 4 rings (SSSR count). The minimum atomic E-state index is -0.202. The van der Waals surface area contributed by atoms with Crippen LogP contribution in [0.3, 0.4) is 0 Å². The van der Waals surface area contributed by atoms with Crippen molar-refractivity contribution in [3.05, 3.63) is 84.1 Å². The normalized spacial score (nSPS) is 12.4. The van der Waals surface area contributed by atoms with Gasteiger partial charge in [0.15, 0.2) is 5.76 Å². The van der Waals surface area contributed by atoms with E-state index >= 15 is 0 Å². The molecule has 1 heterocycles. The molecule has 3 aromatic carbocycles. The van der Waals surface area contributed by atoms with Gasteiger partial charge in [0.1, 0.15) is 5.58 Å². The molecule has 1 atom stereocenters. The number of hydrogen-bond acceptors (Lipinski definition) is 2. The fraction of sp³-hybridized carbons (Fsp3) is 0.0952. The molecular weight excluding hydrogens is 298 g/mol. The van der Waals surface area contributed by atoms with E-state index in [0.717, 1.165) is 27.3 Å². The molecule has 0 spiro atoms. The van der Waals surface area contributed by atoms with Gasteiger partial charge in [-0.2, -0.15) is 0 Å². The summed E-state index contributed by atoms with van der Waals surface area (Å²) < 4.78 is 5.76. The smallest absolute Gasteiger partial charge is 0.287 e. The van der Waals surface area contributed by atoms with Gasteiger partial charge in [0.05, 0.1) is 6.04 Å². The van der Waals surface area contributed by atoms with Crippen LogP contribution in [0.25, 0.3) is 21.7 Å². The van der Waals surface area contributed by atoms with Gasteiger partial charge in [-0.15, -0.1) is 0 Å². The van der Waals surface area contributed by atoms with Crippen molar-refractivity contribution in [2.45, 2.75) is 13.0 Å². The second-order valence-corrected chi connectivity index (χ2v) is 5.91. The van der Waals surface area contributed by atoms with Gasteiger partial charge in [-0.1, -0.05) is 60.7 Å². The lowest BCUT2D eigenvalue weighted by Gasteiger charge is -2.12. The topological polar surface area (TPSA) is 42.2 Å². The summed E-state index contributed by atoms with van der Waals surface area (Å²) in [6.45, 7) is 1.96. The van der Waals surface area contributed by atoms with Gasteiger partial charge < -0.3 is 9.73 Å².